The Morgan fingerprint density at radius 1 is 1.34 bits per heavy atom. The largest absolute Gasteiger partial charge is 0.381 e. The van der Waals surface area contributed by atoms with E-state index >= 15 is 0 Å². The van der Waals surface area contributed by atoms with Crippen LogP contribution < -0.4 is 5.32 Å². The number of benzene rings is 1. The van der Waals surface area contributed by atoms with Crippen molar-refractivity contribution < 1.29 is 14.1 Å². The normalized spacial score (nSPS) is 21.7. The summed E-state index contributed by atoms with van der Waals surface area (Å²) in [7, 11) is 0. The Hall–Kier alpha value is -2.12. The van der Waals surface area contributed by atoms with Crippen LogP contribution in [-0.4, -0.2) is 53.9 Å². The van der Waals surface area contributed by atoms with Crippen LogP contribution in [-0.2, 0) is 10.2 Å². The number of carbonyl (C=O) groups excluding carboxylic acids is 1. The highest BCUT2D eigenvalue weighted by atomic mass is 35.5. The second-order valence-corrected chi connectivity index (χ2v) is 8.40. The molecule has 0 bridgehead atoms. The number of ether oxygens (including phenoxy) is 1. The lowest BCUT2D eigenvalue weighted by Gasteiger charge is -2.39. The molecule has 7 nitrogen and oxygen atoms in total. The molecular formula is C21H27ClN4O3. The Labute approximate surface area is 175 Å². The lowest BCUT2D eigenvalue weighted by Crippen LogP contribution is -2.50. The number of nitrogens with one attached hydrogen (secondary N) is 1. The number of urea groups is 1. The first-order chi connectivity index (χ1) is 14.1. The molecule has 2 saturated heterocycles. The molecule has 1 aromatic heterocycles. The lowest BCUT2D eigenvalue weighted by atomic mass is 9.74. The molecule has 0 spiro atoms. The van der Waals surface area contributed by atoms with Crippen molar-refractivity contribution in [1.82, 2.24) is 20.4 Å². The van der Waals surface area contributed by atoms with Crippen molar-refractivity contribution in [1.29, 1.82) is 0 Å². The average Bonchev–Trinajstić information content (AvgIpc) is 3.19. The Bertz CT molecular complexity index is 850. The molecule has 2 aliphatic heterocycles. The molecule has 2 fully saturated rings. The van der Waals surface area contributed by atoms with Gasteiger partial charge in [-0.2, -0.15) is 4.98 Å². The summed E-state index contributed by atoms with van der Waals surface area (Å²) in [6.07, 6.45) is 3.54. The predicted octanol–water partition coefficient (Wildman–Crippen LogP) is 3.67. The predicted molar refractivity (Wildman–Crippen MR) is 109 cm³/mol. The van der Waals surface area contributed by atoms with E-state index in [1.54, 1.807) is 0 Å². The molecule has 1 aromatic carbocycles. The smallest absolute Gasteiger partial charge is 0.317 e. The summed E-state index contributed by atoms with van der Waals surface area (Å²) in [6, 6.07) is 7.86. The number of piperidine rings is 1. The average molecular weight is 419 g/mol. The molecule has 2 amide bonds. The number of aromatic nitrogens is 2. The Morgan fingerprint density at radius 2 is 2.14 bits per heavy atom. The second kappa shape index (κ2) is 8.71. The van der Waals surface area contributed by atoms with Gasteiger partial charge in [-0.05, 0) is 44.2 Å². The maximum atomic E-state index is 13.0. The Morgan fingerprint density at radius 3 is 2.86 bits per heavy atom. The van der Waals surface area contributed by atoms with Crippen LogP contribution in [0.2, 0.25) is 5.02 Å². The van der Waals surface area contributed by atoms with E-state index in [2.05, 4.69) is 21.5 Å². The van der Waals surface area contributed by atoms with Crippen molar-refractivity contribution >= 4 is 17.6 Å². The molecule has 0 aliphatic carbocycles. The third-order valence-corrected chi connectivity index (χ3v) is 6.40. The second-order valence-electron chi connectivity index (χ2n) is 8.00. The third-order valence-electron chi connectivity index (χ3n) is 6.07. The van der Waals surface area contributed by atoms with E-state index in [0.717, 1.165) is 42.8 Å². The molecular weight excluding hydrogens is 392 g/mol. The van der Waals surface area contributed by atoms with Crippen molar-refractivity contribution in [2.45, 2.75) is 43.9 Å². The van der Waals surface area contributed by atoms with Crippen molar-refractivity contribution in [2.75, 3.05) is 32.8 Å². The van der Waals surface area contributed by atoms with Gasteiger partial charge in [-0.3, -0.25) is 0 Å². The highest BCUT2D eigenvalue weighted by molar-refractivity contribution is 6.31. The van der Waals surface area contributed by atoms with Gasteiger partial charge in [0.25, 0.3) is 0 Å². The van der Waals surface area contributed by atoms with Crippen molar-refractivity contribution in [3.05, 3.63) is 46.6 Å². The van der Waals surface area contributed by atoms with Crippen LogP contribution in [0.5, 0.6) is 0 Å². The molecule has 2 aliphatic rings. The van der Waals surface area contributed by atoms with Gasteiger partial charge in [0.05, 0.1) is 5.92 Å². The molecule has 8 heteroatoms. The molecule has 2 aromatic rings. The summed E-state index contributed by atoms with van der Waals surface area (Å²) in [4.78, 5) is 19.2. The van der Waals surface area contributed by atoms with Gasteiger partial charge in [0, 0.05) is 43.3 Å². The van der Waals surface area contributed by atoms with Crippen LogP contribution in [0.4, 0.5) is 4.79 Å². The monoisotopic (exact) mass is 418 g/mol. The highest BCUT2D eigenvalue weighted by Gasteiger charge is 2.37. The van der Waals surface area contributed by atoms with Gasteiger partial charge in [0.15, 0.2) is 5.82 Å². The zero-order valence-corrected chi connectivity index (χ0v) is 17.5. The molecule has 1 N–H and O–H groups in total. The number of hydrogen-bond donors (Lipinski definition) is 1. The van der Waals surface area contributed by atoms with E-state index in [-0.39, 0.29) is 17.4 Å². The zero-order valence-electron chi connectivity index (χ0n) is 16.7. The van der Waals surface area contributed by atoms with Crippen LogP contribution in [0.15, 0.2) is 28.8 Å². The summed E-state index contributed by atoms with van der Waals surface area (Å²) < 4.78 is 10.9. The summed E-state index contributed by atoms with van der Waals surface area (Å²) in [6.45, 7) is 5.02. The molecule has 156 valence electrons. The SMILES string of the molecule is Cc1noc([C@@H]2CCCN(C(=O)NCC3(c4ccccc4Cl)CCOCC3)C2)n1. The van der Waals surface area contributed by atoms with Crippen LogP contribution in [0.3, 0.4) is 0 Å². The Kier molecular flexibility index (Phi) is 6.06. The van der Waals surface area contributed by atoms with E-state index in [1.165, 1.54) is 0 Å². The van der Waals surface area contributed by atoms with E-state index in [4.69, 9.17) is 20.9 Å². The maximum absolute atomic E-state index is 13.0. The number of carbonyl (C=O) groups is 1. The quantitative estimate of drug-likeness (QED) is 0.819. The minimum atomic E-state index is -0.203. The van der Waals surface area contributed by atoms with E-state index in [9.17, 15) is 4.79 Å². The molecule has 1 atom stereocenters. The first-order valence-corrected chi connectivity index (χ1v) is 10.6. The van der Waals surface area contributed by atoms with Crippen LogP contribution in [0.1, 0.15) is 48.9 Å². The van der Waals surface area contributed by atoms with Crippen molar-refractivity contribution in [2.24, 2.45) is 0 Å². The van der Waals surface area contributed by atoms with Crippen LogP contribution in [0.25, 0.3) is 0 Å². The first kappa shape index (κ1) is 20.2. The first-order valence-electron chi connectivity index (χ1n) is 10.2. The number of aryl methyl sites for hydroxylation is 1. The summed E-state index contributed by atoms with van der Waals surface area (Å²) in [5.41, 5.74) is 0.883. The van der Waals surface area contributed by atoms with Crippen molar-refractivity contribution in [3.8, 4) is 0 Å². The maximum Gasteiger partial charge on any atom is 0.317 e. The summed E-state index contributed by atoms with van der Waals surface area (Å²) in [5, 5.41) is 7.80. The van der Waals surface area contributed by atoms with Gasteiger partial charge in [-0.1, -0.05) is 35.0 Å². The number of rotatable bonds is 4. The van der Waals surface area contributed by atoms with Gasteiger partial charge in [0.1, 0.15) is 0 Å². The van der Waals surface area contributed by atoms with E-state index in [0.29, 0.717) is 38.0 Å². The van der Waals surface area contributed by atoms with Gasteiger partial charge >= 0.3 is 6.03 Å². The summed E-state index contributed by atoms with van der Waals surface area (Å²) in [5.74, 6) is 1.34. The highest BCUT2D eigenvalue weighted by Crippen LogP contribution is 2.38. The van der Waals surface area contributed by atoms with Crippen LogP contribution >= 0.6 is 11.6 Å². The fourth-order valence-electron chi connectivity index (χ4n) is 4.39. The van der Waals surface area contributed by atoms with Crippen molar-refractivity contribution in [3.63, 3.8) is 0 Å². The minimum absolute atomic E-state index is 0.0520. The third kappa shape index (κ3) is 4.41. The number of likely N-dealkylation sites (tertiary alicyclic amines) is 1. The molecule has 0 saturated carbocycles. The number of amides is 2. The topological polar surface area (TPSA) is 80.5 Å². The number of hydrogen-bond acceptors (Lipinski definition) is 5. The summed E-state index contributed by atoms with van der Waals surface area (Å²) >= 11 is 6.51. The van der Waals surface area contributed by atoms with E-state index in [1.807, 2.05) is 30.0 Å². The fourth-order valence-corrected chi connectivity index (χ4v) is 4.73. The van der Waals surface area contributed by atoms with Gasteiger partial charge in [0.2, 0.25) is 5.89 Å². The fraction of sp³-hybridized carbons (Fsp3) is 0.571. The van der Waals surface area contributed by atoms with E-state index < -0.39 is 0 Å². The number of nitrogens with zero attached hydrogens (tertiary/aromatic N) is 3. The lowest BCUT2D eigenvalue weighted by molar-refractivity contribution is 0.0499. The molecule has 4 rings (SSSR count). The standard InChI is InChI=1S/C21H27ClN4O3/c1-15-24-19(29-25-15)16-5-4-10-26(13-16)20(27)23-14-21(8-11-28-12-9-21)17-6-2-3-7-18(17)22/h2-3,6-7,16H,4-5,8-14H2,1H3,(H,23,27)/t16-/m1/s1. The Balaban J connectivity index is 1.43. The van der Waals surface area contributed by atoms with Gasteiger partial charge in [-0.15, -0.1) is 0 Å². The molecule has 0 unspecified atom stereocenters. The van der Waals surface area contributed by atoms with Gasteiger partial charge in [-0.25, -0.2) is 4.79 Å². The van der Waals surface area contributed by atoms with Gasteiger partial charge < -0.3 is 19.5 Å². The minimum Gasteiger partial charge on any atom is -0.381 e. The molecule has 0 radical (unpaired) electrons. The van der Waals surface area contributed by atoms with Crippen LogP contribution in [0, 0.1) is 6.92 Å². The zero-order chi connectivity index (χ0) is 20.3. The number of halogens is 1. The molecule has 3 heterocycles. The molecule has 29 heavy (non-hydrogen) atoms.